The molecule has 7 nitrogen and oxygen atoms in total. The highest BCUT2D eigenvalue weighted by atomic mass is 32.2. The van der Waals surface area contributed by atoms with Crippen LogP contribution < -0.4 is 10.3 Å². The first kappa shape index (κ1) is 27.3. The lowest BCUT2D eigenvalue weighted by Gasteiger charge is -2.30. The van der Waals surface area contributed by atoms with Crippen LogP contribution in [0.4, 0.5) is 0 Å². The Balaban J connectivity index is 1.71. The summed E-state index contributed by atoms with van der Waals surface area (Å²) in [5.41, 5.74) is 2.58. The average Bonchev–Trinajstić information content (AvgIpc) is 2.97. The molecule has 5 rings (SSSR count). The predicted octanol–water partition coefficient (Wildman–Crippen LogP) is 6.04. The molecule has 0 aliphatic heterocycles. The van der Waals surface area contributed by atoms with Gasteiger partial charge < -0.3 is 4.74 Å². The molecule has 1 atom stereocenters. The fraction of sp³-hybridized carbons (Fsp3) is 0.188. The van der Waals surface area contributed by atoms with Gasteiger partial charge in [0.1, 0.15) is 11.6 Å². The van der Waals surface area contributed by atoms with Crippen LogP contribution in [0, 0.1) is 6.92 Å². The van der Waals surface area contributed by atoms with Gasteiger partial charge in [-0.3, -0.25) is 9.36 Å². The molecule has 1 heterocycles. The molecule has 0 amide bonds. The van der Waals surface area contributed by atoms with Crippen molar-refractivity contribution in [3.8, 4) is 11.4 Å². The highest BCUT2D eigenvalue weighted by molar-refractivity contribution is 7.89. The molecular formula is C32H31N3O4S. The molecule has 0 saturated carbocycles. The zero-order chi connectivity index (χ0) is 28.3. The monoisotopic (exact) mass is 553 g/mol. The van der Waals surface area contributed by atoms with Gasteiger partial charge in [-0.1, -0.05) is 60.2 Å². The second kappa shape index (κ2) is 11.5. The van der Waals surface area contributed by atoms with Crippen LogP contribution in [0.25, 0.3) is 16.6 Å². The third-order valence-corrected chi connectivity index (χ3v) is 8.75. The molecule has 0 aliphatic rings. The summed E-state index contributed by atoms with van der Waals surface area (Å²) in [4.78, 5) is 19.0. The molecule has 1 aromatic heterocycles. The number of nitrogens with zero attached hydrogens (tertiary/aromatic N) is 3. The number of para-hydroxylation sites is 1. The molecule has 0 saturated heterocycles. The highest BCUT2D eigenvalue weighted by Gasteiger charge is 2.33. The van der Waals surface area contributed by atoms with E-state index in [1.807, 2.05) is 50.2 Å². The van der Waals surface area contributed by atoms with Crippen LogP contribution in [0.3, 0.4) is 0 Å². The molecule has 0 radical (unpaired) electrons. The quantitative estimate of drug-likeness (QED) is 0.222. The van der Waals surface area contributed by atoms with E-state index in [0.717, 1.165) is 11.1 Å². The maximum atomic E-state index is 14.2. The van der Waals surface area contributed by atoms with E-state index < -0.39 is 16.1 Å². The largest absolute Gasteiger partial charge is 0.494 e. The summed E-state index contributed by atoms with van der Waals surface area (Å²) in [6, 6.07) is 29.7. The van der Waals surface area contributed by atoms with Gasteiger partial charge in [0.05, 0.1) is 34.1 Å². The number of sulfonamides is 1. The molecular weight excluding hydrogens is 522 g/mol. The molecule has 0 N–H and O–H groups in total. The highest BCUT2D eigenvalue weighted by Crippen LogP contribution is 2.31. The van der Waals surface area contributed by atoms with E-state index in [1.165, 1.54) is 8.87 Å². The molecule has 40 heavy (non-hydrogen) atoms. The molecule has 1 unspecified atom stereocenters. The van der Waals surface area contributed by atoms with Crippen molar-refractivity contribution in [2.24, 2.45) is 0 Å². The first-order chi connectivity index (χ1) is 19.3. The normalized spacial score (nSPS) is 12.5. The van der Waals surface area contributed by atoms with Crippen molar-refractivity contribution in [1.29, 1.82) is 0 Å². The van der Waals surface area contributed by atoms with Crippen LogP contribution in [0.2, 0.25) is 0 Å². The van der Waals surface area contributed by atoms with Crippen LogP contribution >= 0.6 is 0 Å². The van der Waals surface area contributed by atoms with Crippen molar-refractivity contribution in [3.63, 3.8) is 0 Å². The van der Waals surface area contributed by atoms with Crippen molar-refractivity contribution >= 4 is 20.9 Å². The Kier molecular flexibility index (Phi) is 7.82. The maximum absolute atomic E-state index is 14.2. The van der Waals surface area contributed by atoms with Gasteiger partial charge in [0.25, 0.3) is 5.56 Å². The lowest BCUT2D eigenvalue weighted by atomic mass is 10.1. The predicted molar refractivity (Wildman–Crippen MR) is 157 cm³/mol. The Bertz CT molecular complexity index is 1780. The van der Waals surface area contributed by atoms with Crippen molar-refractivity contribution in [2.45, 2.75) is 38.3 Å². The van der Waals surface area contributed by atoms with E-state index in [-0.39, 0.29) is 17.0 Å². The minimum absolute atomic E-state index is 0.101. The Morgan fingerprint density at radius 2 is 1.52 bits per heavy atom. The van der Waals surface area contributed by atoms with Crippen LogP contribution in [-0.2, 0) is 16.6 Å². The molecule has 5 aromatic rings. The smallest absolute Gasteiger partial charge is 0.266 e. The summed E-state index contributed by atoms with van der Waals surface area (Å²) >= 11 is 0. The molecule has 0 fully saturated rings. The maximum Gasteiger partial charge on any atom is 0.266 e. The van der Waals surface area contributed by atoms with E-state index in [2.05, 4.69) is 0 Å². The van der Waals surface area contributed by atoms with Gasteiger partial charge in [0, 0.05) is 6.54 Å². The fourth-order valence-corrected chi connectivity index (χ4v) is 6.29. The molecule has 0 spiro atoms. The van der Waals surface area contributed by atoms with Crippen molar-refractivity contribution in [1.82, 2.24) is 13.9 Å². The number of ether oxygens (including phenoxy) is 1. The molecule has 0 bridgehead atoms. The van der Waals surface area contributed by atoms with E-state index in [1.54, 1.807) is 73.7 Å². The van der Waals surface area contributed by atoms with Gasteiger partial charge in [0.2, 0.25) is 10.0 Å². The molecule has 0 aliphatic carbocycles. The van der Waals surface area contributed by atoms with E-state index in [4.69, 9.17) is 9.72 Å². The zero-order valence-corrected chi connectivity index (χ0v) is 23.5. The van der Waals surface area contributed by atoms with Crippen LogP contribution in [-0.4, -0.2) is 28.9 Å². The standard InChI is InChI=1S/C32H31N3O4S/c1-4-39-27-18-16-26(17-19-27)35-31(33-30-13-9-8-12-29(30)32(35)36)24(3)34(22-25-10-6-5-7-11-25)40(37,38)28-20-14-23(2)15-21-28/h5-21,24H,4,22H2,1-3H3. The van der Waals surface area contributed by atoms with Crippen molar-refractivity contribution in [3.05, 3.63) is 130 Å². The molecule has 8 heteroatoms. The minimum atomic E-state index is -3.98. The third-order valence-electron chi connectivity index (χ3n) is 6.82. The first-order valence-corrected chi connectivity index (χ1v) is 14.6. The number of aryl methyl sites for hydroxylation is 1. The number of aromatic nitrogens is 2. The van der Waals surface area contributed by atoms with Gasteiger partial charge in [0.15, 0.2) is 0 Å². The number of fused-ring (bicyclic) bond motifs is 1. The lowest BCUT2D eigenvalue weighted by Crippen LogP contribution is -2.37. The lowest BCUT2D eigenvalue weighted by molar-refractivity contribution is 0.320. The Morgan fingerprint density at radius 3 is 2.20 bits per heavy atom. The van der Waals surface area contributed by atoms with E-state index in [9.17, 15) is 13.2 Å². The second-order valence-electron chi connectivity index (χ2n) is 9.58. The topological polar surface area (TPSA) is 81.5 Å². The number of hydrogen-bond donors (Lipinski definition) is 0. The molecule has 4 aromatic carbocycles. The van der Waals surface area contributed by atoms with Gasteiger partial charge in [-0.05, 0) is 74.9 Å². The second-order valence-corrected chi connectivity index (χ2v) is 11.5. The fourth-order valence-electron chi connectivity index (χ4n) is 4.71. The summed E-state index contributed by atoms with van der Waals surface area (Å²) < 4.78 is 36.8. The molecule has 204 valence electrons. The van der Waals surface area contributed by atoms with Gasteiger partial charge in [-0.15, -0.1) is 0 Å². The van der Waals surface area contributed by atoms with Crippen LogP contribution in [0.1, 0.15) is 36.8 Å². The minimum Gasteiger partial charge on any atom is -0.494 e. The SMILES string of the molecule is CCOc1ccc(-n2c(C(C)N(Cc3ccccc3)S(=O)(=O)c3ccc(C)cc3)nc3ccccc3c2=O)cc1. The van der Waals surface area contributed by atoms with E-state index >= 15 is 0 Å². The summed E-state index contributed by atoms with van der Waals surface area (Å²) in [5.74, 6) is 0.995. The number of rotatable bonds is 9. The summed E-state index contributed by atoms with van der Waals surface area (Å²) in [6.07, 6.45) is 0. The first-order valence-electron chi connectivity index (χ1n) is 13.2. The van der Waals surface area contributed by atoms with Crippen molar-refractivity contribution < 1.29 is 13.2 Å². The Hall–Kier alpha value is -4.27. The Labute approximate surface area is 234 Å². The van der Waals surface area contributed by atoms with E-state index in [0.29, 0.717) is 34.8 Å². The van der Waals surface area contributed by atoms with Gasteiger partial charge in [-0.2, -0.15) is 4.31 Å². The third kappa shape index (κ3) is 5.41. The summed E-state index contributed by atoms with van der Waals surface area (Å²) in [6.45, 7) is 6.21. The summed E-state index contributed by atoms with van der Waals surface area (Å²) in [5, 5.41) is 0.448. The van der Waals surface area contributed by atoms with Crippen LogP contribution in [0.5, 0.6) is 5.75 Å². The zero-order valence-electron chi connectivity index (χ0n) is 22.7. The number of benzene rings is 4. The van der Waals surface area contributed by atoms with Crippen molar-refractivity contribution in [2.75, 3.05) is 6.61 Å². The summed E-state index contributed by atoms with van der Waals surface area (Å²) in [7, 11) is -3.98. The Morgan fingerprint density at radius 1 is 0.875 bits per heavy atom. The van der Waals surface area contributed by atoms with Crippen LogP contribution in [0.15, 0.2) is 113 Å². The van der Waals surface area contributed by atoms with Gasteiger partial charge in [-0.25, -0.2) is 13.4 Å². The number of hydrogen-bond acceptors (Lipinski definition) is 5. The average molecular weight is 554 g/mol. The van der Waals surface area contributed by atoms with Gasteiger partial charge >= 0.3 is 0 Å².